The summed E-state index contributed by atoms with van der Waals surface area (Å²) in [6.07, 6.45) is -1.24. The Morgan fingerprint density at radius 3 is 2.31 bits per heavy atom. The Morgan fingerprint density at radius 1 is 1.25 bits per heavy atom. The van der Waals surface area contributed by atoms with Gasteiger partial charge in [-0.25, -0.2) is 9.97 Å². The molecule has 84 valence electrons. The van der Waals surface area contributed by atoms with Crippen molar-refractivity contribution in [1.29, 1.82) is 0 Å². The second-order valence-corrected chi connectivity index (χ2v) is 2.92. The molecule has 8 heteroatoms. The van der Waals surface area contributed by atoms with Crippen molar-refractivity contribution in [1.82, 2.24) is 19.7 Å². The molecule has 0 spiro atoms. The van der Waals surface area contributed by atoms with Crippen molar-refractivity contribution in [2.24, 2.45) is 0 Å². The summed E-state index contributed by atoms with van der Waals surface area (Å²) in [5.74, 6) is -1.22. The molecule has 0 saturated carbocycles. The number of rotatable bonds is 1. The van der Waals surface area contributed by atoms with E-state index in [1.807, 2.05) is 0 Å². The molecule has 0 bridgehead atoms. The maximum atomic E-state index is 12.1. The molecule has 0 aromatic carbocycles. The van der Waals surface area contributed by atoms with Gasteiger partial charge in [-0.2, -0.15) is 13.2 Å². The highest BCUT2D eigenvalue weighted by atomic mass is 19.4. The lowest BCUT2D eigenvalue weighted by Crippen LogP contribution is -2.12. The van der Waals surface area contributed by atoms with Gasteiger partial charge in [0.15, 0.2) is 0 Å². The van der Waals surface area contributed by atoms with Gasteiger partial charge in [0, 0.05) is 12.3 Å². The number of aromatic nitrogens is 4. The van der Waals surface area contributed by atoms with E-state index in [2.05, 4.69) is 15.1 Å². The Bertz CT molecular complexity index is 539. The van der Waals surface area contributed by atoms with Gasteiger partial charge in [-0.05, 0) is 0 Å². The third kappa shape index (κ3) is 1.95. The highest BCUT2D eigenvalue weighted by molar-refractivity contribution is 5.23. The Morgan fingerprint density at radius 2 is 1.88 bits per heavy atom. The van der Waals surface area contributed by atoms with E-state index in [1.165, 1.54) is 16.9 Å². The van der Waals surface area contributed by atoms with Gasteiger partial charge in [-0.3, -0.25) is 14.6 Å². The van der Waals surface area contributed by atoms with E-state index >= 15 is 0 Å². The standard InChI is InChI=1S/C8H5F3N4O/c9-8(10,11)7-12-3-5(4-13-7)15-2-1-6(16)14-15/h1-4H,(H,14,16). The molecule has 0 aliphatic rings. The lowest BCUT2D eigenvalue weighted by atomic mass is 10.5. The van der Waals surface area contributed by atoms with Crippen molar-refractivity contribution in [2.45, 2.75) is 6.18 Å². The molecule has 0 fully saturated rings. The van der Waals surface area contributed by atoms with Gasteiger partial charge < -0.3 is 0 Å². The highest BCUT2D eigenvalue weighted by Crippen LogP contribution is 2.25. The minimum atomic E-state index is -4.57. The molecule has 5 nitrogen and oxygen atoms in total. The Balaban J connectivity index is 2.36. The molecule has 2 aromatic rings. The summed E-state index contributed by atoms with van der Waals surface area (Å²) in [7, 11) is 0. The van der Waals surface area contributed by atoms with Crippen LogP contribution >= 0.6 is 0 Å². The van der Waals surface area contributed by atoms with E-state index < -0.39 is 12.0 Å². The maximum Gasteiger partial charge on any atom is 0.451 e. The normalized spacial score (nSPS) is 11.7. The second-order valence-electron chi connectivity index (χ2n) is 2.92. The smallest absolute Gasteiger partial charge is 0.268 e. The fourth-order valence-corrected chi connectivity index (χ4v) is 1.08. The summed E-state index contributed by atoms with van der Waals surface area (Å²) in [6, 6.07) is 1.23. The molecule has 2 aromatic heterocycles. The Hall–Kier alpha value is -2.12. The quantitative estimate of drug-likeness (QED) is 0.794. The largest absolute Gasteiger partial charge is 0.451 e. The third-order valence-corrected chi connectivity index (χ3v) is 1.78. The number of alkyl halides is 3. The van der Waals surface area contributed by atoms with Crippen LogP contribution in [0.1, 0.15) is 5.82 Å². The van der Waals surface area contributed by atoms with Crippen molar-refractivity contribution >= 4 is 0 Å². The number of hydrogen-bond acceptors (Lipinski definition) is 3. The molecule has 16 heavy (non-hydrogen) atoms. The number of aromatic amines is 1. The molecule has 1 N–H and O–H groups in total. The molecule has 0 aliphatic heterocycles. The van der Waals surface area contributed by atoms with Crippen LogP contribution in [0, 0.1) is 0 Å². The fraction of sp³-hybridized carbons (Fsp3) is 0.125. The van der Waals surface area contributed by atoms with E-state index in [0.29, 0.717) is 0 Å². The predicted molar refractivity (Wildman–Crippen MR) is 47.0 cm³/mol. The number of hydrogen-bond donors (Lipinski definition) is 1. The first-order chi connectivity index (χ1) is 7.47. The van der Waals surface area contributed by atoms with Gasteiger partial charge >= 0.3 is 6.18 Å². The van der Waals surface area contributed by atoms with E-state index in [0.717, 1.165) is 12.4 Å². The predicted octanol–water partition coefficient (Wildman–Crippen LogP) is 0.974. The maximum absolute atomic E-state index is 12.1. The van der Waals surface area contributed by atoms with Crippen LogP contribution < -0.4 is 5.56 Å². The number of nitrogens with one attached hydrogen (secondary N) is 1. The van der Waals surface area contributed by atoms with Crippen molar-refractivity contribution < 1.29 is 13.2 Å². The first-order valence-corrected chi connectivity index (χ1v) is 4.14. The summed E-state index contributed by atoms with van der Waals surface area (Å²) in [5.41, 5.74) is -0.116. The first-order valence-electron chi connectivity index (χ1n) is 4.14. The molecule has 0 aliphatic carbocycles. The molecule has 0 amide bonds. The average Bonchev–Trinajstić information content (AvgIpc) is 2.64. The van der Waals surface area contributed by atoms with Crippen LogP contribution in [-0.2, 0) is 6.18 Å². The Labute approximate surface area is 86.6 Å². The highest BCUT2D eigenvalue weighted by Gasteiger charge is 2.34. The van der Waals surface area contributed by atoms with E-state index in [-0.39, 0.29) is 11.2 Å². The van der Waals surface area contributed by atoms with Crippen LogP contribution in [-0.4, -0.2) is 19.7 Å². The molecule has 2 heterocycles. The zero-order chi connectivity index (χ0) is 11.8. The minimum Gasteiger partial charge on any atom is -0.268 e. The summed E-state index contributed by atoms with van der Waals surface area (Å²) in [4.78, 5) is 17.1. The van der Waals surface area contributed by atoms with Crippen LogP contribution in [0.25, 0.3) is 5.69 Å². The number of H-pyrrole nitrogens is 1. The minimum absolute atomic E-state index is 0.245. The van der Waals surface area contributed by atoms with Crippen molar-refractivity contribution in [3.05, 3.63) is 40.8 Å². The molecule has 0 saturated heterocycles. The fourth-order valence-electron chi connectivity index (χ4n) is 1.08. The van der Waals surface area contributed by atoms with Gasteiger partial charge in [0.2, 0.25) is 5.82 Å². The lowest BCUT2D eigenvalue weighted by Gasteiger charge is -2.05. The molecule has 0 unspecified atom stereocenters. The van der Waals surface area contributed by atoms with Gasteiger partial charge in [0.1, 0.15) is 0 Å². The third-order valence-electron chi connectivity index (χ3n) is 1.78. The van der Waals surface area contributed by atoms with Gasteiger partial charge in [-0.15, -0.1) is 0 Å². The first kappa shape index (κ1) is 10.4. The van der Waals surface area contributed by atoms with Gasteiger partial charge in [0.25, 0.3) is 5.56 Å². The van der Waals surface area contributed by atoms with Crippen LogP contribution in [0.5, 0.6) is 0 Å². The molecule has 0 atom stereocenters. The Kier molecular flexibility index (Phi) is 2.26. The van der Waals surface area contributed by atoms with E-state index in [1.54, 1.807) is 0 Å². The summed E-state index contributed by atoms with van der Waals surface area (Å²) in [6.45, 7) is 0. The summed E-state index contributed by atoms with van der Waals surface area (Å²) < 4.78 is 37.6. The van der Waals surface area contributed by atoms with E-state index in [9.17, 15) is 18.0 Å². The van der Waals surface area contributed by atoms with Gasteiger partial charge in [-0.1, -0.05) is 0 Å². The molecule has 2 rings (SSSR count). The SMILES string of the molecule is O=c1ccn(-c2cnc(C(F)(F)F)nc2)[nH]1. The molecular weight excluding hydrogens is 225 g/mol. The van der Waals surface area contributed by atoms with E-state index in [4.69, 9.17) is 0 Å². The number of nitrogens with zero attached hydrogens (tertiary/aromatic N) is 3. The average molecular weight is 230 g/mol. The lowest BCUT2D eigenvalue weighted by molar-refractivity contribution is -0.145. The zero-order valence-electron chi connectivity index (χ0n) is 7.69. The molecular formula is C8H5F3N4O. The van der Waals surface area contributed by atoms with Crippen LogP contribution in [0.4, 0.5) is 13.2 Å². The van der Waals surface area contributed by atoms with Crippen molar-refractivity contribution in [2.75, 3.05) is 0 Å². The zero-order valence-corrected chi connectivity index (χ0v) is 7.69. The second kappa shape index (κ2) is 3.47. The summed E-state index contributed by atoms with van der Waals surface area (Å²) in [5, 5.41) is 2.35. The van der Waals surface area contributed by atoms with Crippen molar-refractivity contribution in [3.8, 4) is 5.69 Å². The summed E-state index contributed by atoms with van der Waals surface area (Å²) >= 11 is 0. The van der Waals surface area contributed by atoms with Crippen LogP contribution in [0.2, 0.25) is 0 Å². The van der Waals surface area contributed by atoms with Gasteiger partial charge in [0.05, 0.1) is 18.1 Å². The van der Waals surface area contributed by atoms with Crippen molar-refractivity contribution in [3.63, 3.8) is 0 Å². The van der Waals surface area contributed by atoms with Crippen LogP contribution in [0.15, 0.2) is 29.5 Å². The monoisotopic (exact) mass is 230 g/mol. The molecule has 0 radical (unpaired) electrons. The van der Waals surface area contributed by atoms with Crippen LogP contribution in [0.3, 0.4) is 0 Å². The number of halogens is 3. The topological polar surface area (TPSA) is 63.6 Å².